The van der Waals surface area contributed by atoms with Crippen molar-refractivity contribution < 1.29 is 14.7 Å². The van der Waals surface area contributed by atoms with E-state index in [1.54, 1.807) is 17.5 Å². The first-order chi connectivity index (χ1) is 16.3. The molecule has 0 saturated carbocycles. The largest absolute Gasteiger partial charge is 0.391 e. The van der Waals surface area contributed by atoms with E-state index in [0.29, 0.717) is 12.2 Å². The van der Waals surface area contributed by atoms with Gasteiger partial charge in [-0.1, -0.05) is 44.2 Å². The number of aliphatic hydroxyl groups is 1. The number of rotatable bonds is 7. The number of nitrogens with zero attached hydrogens (tertiary/aromatic N) is 3. The van der Waals surface area contributed by atoms with Gasteiger partial charge in [0, 0.05) is 25.7 Å². The maximum Gasteiger partial charge on any atom is 0.243 e. The second-order valence-corrected chi connectivity index (χ2v) is 9.91. The number of likely N-dealkylation sites (tertiary alicyclic amines) is 1. The Morgan fingerprint density at radius 3 is 2.56 bits per heavy atom. The molecule has 7 nitrogen and oxygen atoms in total. The SMILES string of the molecule is Cc1ncsc1-c1ccc(CNC(=O)[C@@H]2C[C@@H](O)CN2C(=O)C(c2ccccn2)C(C)C)cc1. The van der Waals surface area contributed by atoms with Crippen LogP contribution in [-0.4, -0.2) is 50.5 Å². The van der Waals surface area contributed by atoms with Gasteiger partial charge < -0.3 is 15.3 Å². The van der Waals surface area contributed by atoms with E-state index in [-0.39, 0.29) is 30.7 Å². The van der Waals surface area contributed by atoms with E-state index in [1.165, 1.54) is 4.90 Å². The van der Waals surface area contributed by atoms with Crippen molar-refractivity contribution in [2.45, 2.75) is 51.8 Å². The van der Waals surface area contributed by atoms with Gasteiger partial charge in [0.15, 0.2) is 0 Å². The lowest BCUT2D eigenvalue weighted by Crippen LogP contribution is -2.48. The summed E-state index contributed by atoms with van der Waals surface area (Å²) in [5, 5.41) is 13.2. The minimum Gasteiger partial charge on any atom is -0.391 e. The lowest BCUT2D eigenvalue weighted by atomic mass is 9.90. The quantitative estimate of drug-likeness (QED) is 0.542. The summed E-state index contributed by atoms with van der Waals surface area (Å²) in [7, 11) is 0. The number of aliphatic hydroxyl groups excluding tert-OH is 1. The van der Waals surface area contributed by atoms with Crippen molar-refractivity contribution in [3.8, 4) is 10.4 Å². The molecule has 2 N–H and O–H groups in total. The van der Waals surface area contributed by atoms with Crippen LogP contribution in [0.1, 0.15) is 43.1 Å². The molecule has 3 heterocycles. The molecule has 1 saturated heterocycles. The molecule has 0 spiro atoms. The van der Waals surface area contributed by atoms with Crippen molar-refractivity contribution in [1.82, 2.24) is 20.2 Å². The van der Waals surface area contributed by atoms with Crippen LogP contribution in [0, 0.1) is 12.8 Å². The fraction of sp³-hybridized carbons (Fsp3) is 0.385. The molecular weight excluding hydrogens is 448 g/mol. The number of aryl methyl sites for hydroxylation is 1. The van der Waals surface area contributed by atoms with Crippen LogP contribution < -0.4 is 5.32 Å². The van der Waals surface area contributed by atoms with Crippen LogP contribution >= 0.6 is 11.3 Å². The van der Waals surface area contributed by atoms with E-state index < -0.39 is 18.1 Å². The van der Waals surface area contributed by atoms with Crippen molar-refractivity contribution in [2.75, 3.05) is 6.54 Å². The zero-order valence-electron chi connectivity index (χ0n) is 19.6. The molecule has 3 atom stereocenters. The van der Waals surface area contributed by atoms with Gasteiger partial charge in [-0.15, -0.1) is 11.3 Å². The summed E-state index contributed by atoms with van der Waals surface area (Å²) in [6.45, 7) is 6.42. The van der Waals surface area contributed by atoms with Gasteiger partial charge in [-0.05, 0) is 36.1 Å². The zero-order valence-corrected chi connectivity index (χ0v) is 20.5. The molecule has 0 bridgehead atoms. The third-order valence-electron chi connectivity index (χ3n) is 6.23. The number of pyridine rings is 1. The topological polar surface area (TPSA) is 95.4 Å². The van der Waals surface area contributed by atoms with Gasteiger partial charge in [-0.25, -0.2) is 4.98 Å². The number of hydrogen-bond donors (Lipinski definition) is 2. The molecule has 1 unspecified atom stereocenters. The van der Waals surface area contributed by atoms with E-state index in [1.807, 2.05) is 68.7 Å². The molecule has 2 amide bonds. The normalized spacial score (nSPS) is 18.8. The first kappa shape index (κ1) is 24.0. The predicted molar refractivity (Wildman–Crippen MR) is 132 cm³/mol. The van der Waals surface area contributed by atoms with Crippen LogP contribution in [0.15, 0.2) is 54.2 Å². The molecule has 4 rings (SSSR count). The van der Waals surface area contributed by atoms with Gasteiger partial charge in [0.1, 0.15) is 6.04 Å². The first-order valence-electron chi connectivity index (χ1n) is 11.5. The second-order valence-electron chi connectivity index (χ2n) is 9.05. The Labute approximate surface area is 203 Å². The number of amides is 2. The van der Waals surface area contributed by atoms with Crippen molar-refractivity contribution in [3.63, 3.8) is 0 Å². The van der Waals surface area contributed by atoms with Gasteiger partial charge in [0.05, 0.1) is 33.8 Å². The monoisotopic (exact) mass is 478 g/mol. The van der Waals surface area contributed by atoms with Crippen LogP contribution in [0.2, 0.25) is 0 Å². The van der Waals surface area contributed by atoms with E-state index in [2.05, 4.69) is 15.3 Å². The molecule has 0 radical (unpaired) electrons. The highest BCUT2D eigenvalue weighted by molar-refractivity contribution is 7.13. The molecule has 3 aromatic rings. The number of nitrogens with one attached hydrogen (secondary N) is 1. The molecule has 1 aliphatic rings. The Bertz CT molecular complexity index is 1130. The number of aromatic nitrogens is 2. The fourth-order valence-corrected chi connectivity index (χ4v) is 5.27. The highest BCUT2D eigenvalue weighted by atomic mass is 32.1. The van der Waals surface area contributed by atoms with E-state index in [0.717, 1.165) is 21.7 Å². The van der Waals surface area contributed by atoms with Gasteiger partial charge in [-0.3, -0.25) is 14.6 Å². The summed E-state index contributed by atoms with van der Waals surface area (Å²) in [5.74, 6) is -0.889. The van der Waals surface area contributed by atoms with Crippen LogP contribution in [0.4, 0.5) is 0 Å². The lowest BCUT2D eigenvalue weighted by molar-refractivity contribution is -0.140. The highest BCUT2D eigenvalue weighted by Gasteiger charge is 2.42. The minimum atomic E-state index is -0.724. The summed E-state index contributed by atoms with van der Waals surface area (Å²) in [6.07, 6.45) is 1.18. The number of benzene rings is 1. The molecule has 1 fully saturated rings. The number of carbonyl (C=O) groups is 2. The van der Waals surface area contributed by atoms with Crippen molar-refractivity contribution >= 4 is 23.2 Å². The van der Waals surface area contributed by atoms with Gasteiger partial charge in [0.2, 0.25) is 11.8 Å². The lowest BCUT2D eigenvalue weighted by Gasteiger charge is -2.29. The highest BCUT2D eigenvalue weighted by Crippen LogP contribution is 2.30. The van der Waals surface area contributed by atoms with Crippen molar-refractivity contribution in [3.05, 3.63) is 71.1 Å². The first-order valence-corrected chi connectivity index (χ1v) is 12.4. The Hall–Kier alpha value is -3.10. The van der Waals surface area contributed by atoms with E-state index >= 15 is 0 Å². The average Bonchev–Trinajstić information content (AvgIpc) is 3.44. The molecular formula is C26H30N4O3S. The number of carbonyl (C=O) groups excluding carboxylic acids is 2. The maximum absolute atomic E-state index is 13.5. The predicted octanol–water partition coefficient (Wildman–Crippen LogP) is 3.53. The third-order valence-corrected chi connectivity index (χ3v) is 7.21. The average molecular weight is 479 g/mol. The number of hydrogen-bond acceptors (Lipinski definition) is 6. The Balaban J connectivity index is 1.43. The van der Waals surface area contributed by atoms with Crippen LogP contribution in [0.25, 0.3) is 10.4 Å². The summed E-state index contributed by atoms with van der Waals surface area (Å²) < 4.78 is 0. The maximum atomic E-state index is 13.5. The smallest absolute Gasteiger partial charge is 0.243 e. The van der Waals surface area contributed by atoms with Gasteiger partial charge in [0.25, 0.3) is 0 Å². The number of β-amino-alcohol motifs (C(OH)–C–C–N with tert-alkyl or cyclic N) is 1. The Morgan fingerprint density at radius 1 is 1.18 bits per heavy atom. The van der Waals surface area contributed by atoms with E-state index in [4.69, 9.17) is 0 Å². The standard InChI is InChI=1S/C26H30N4O3S/c1-16(2)23(21-6-4-5-11-27-21)26(33)30-14-20(31)12-22(30)25(32)28-13-18-7-9-19(10-8-18)24-17(3)29-15-34-24/h4-11,15-16,20,22-23,31H,12-14H2,1-3H3,(H,28,32)/t20-,22+,23?/m1/s1. The Kier molecular flexibility index (Phi) is 7.38. The summed E-state index contributed by atoms with van der Waals surface area (Å²) in [5.41, 5.74) is 5.57. The second kappa shape index (κ2) is 10.4. The van der Waals surface area contributed by atoms with Crippen molar-refractivity contribution in [2.24, 2.45) is 5.92 Å². The van der Waals surface area contributed by atoms with Crippen molar-refractivity contribution in [1.29, 1.82) is 0 Å². The molecule has 178 valence electrons. The van der Waals surface area contributed by atoms with E-state index in [9.17, 15) is 14.7 Å². The molecule has 2 aromatic heterocycles. The van der Waals surface area contributed by atoms with Crippen LogP contribution in [0.3, 0.4) is 0 Å². The molecule has 0 aliphatic carbocycles. The number of thiazole rings is 1. The van der Waals surface area contributed by atoms with Gasteiger partial charge in [-0.2, -0.15) is 0 Å². The fourth-order valence-electron chi connectivity index (χ4n) is 4.46. The van der Waals surface area contributed by atoms with Gasteiger partial charge >= 0.3 is 0 Å². The molecule has 1 aliphatic heterocycles. The summed E-state index contributed by atoms with van der Waals surface area (Å²) >= 11 is 1.60. The Morgan fingerprint density at radius 2 is 1.94 bits per heavy atom. The zero-order chi connectivity index (χ0) is 24.2. The summed E-state index contributed by atoms with van der Waals surface area (Å²) in [4.78, 5) is 37.9. The molecule has 1 aromatic carbocycles. The van der Waals surface area contributed by atoms with Crippen LogP contribution in [0.5, 0.6) is 0 Å². The minimum absolute atomic E-state index is 0.00421. The van der Waals surface area contributed by atoms with Crippen LogP contribution in [-0.2, 0) is 16.1 Å². The summed E-state index contributed by atoms with van der Waals surface area (Å²) in [6, 6.07) is 12.8. The molecule has 34 heavy (non-hydrogen) atoms. The molecule has 8 heteroatoms. The third kappa shape index (κ3) is 5.18.